The minimum absolute atomic E-state index is 0.0818. The van der Waals surface area contributed by atoms with Crippen LogP contribution >= 0.6 is 0 Å². The third kappa shape index (κ3) is 3.91. The van der Waals surface area contributed by atoms with Crippen molar-refractivity contribution < 1.29 is 14.7 Å². The number of aliphatic carboxylic acids is 1. The molecule has 0 radical (unpaired) electrons. The highest BCUT2D eigenvalue weighted by Crippen LogP contribution is 2.43. The fraction of sp³-hybridized carbons (Fsp3) is 0.846. The molecule has 5 N–H and O–H groups in total. The smallest absolute Gasteiger partial charge is 0.324 e. The summed E-state index contributed by atoms with van der Waals surface area (Å²) in [7, 11) is 1.66. The minimum atomic E-state index is -0.932. The summed E-state index contributed by atoms with van der Waals surface area (Å²) in [5.74, 6) is -1.12. The molecule has 0 bridgehead atoms. The van der Waals surface area contributed by atoms with Crippen LogP contribution < -0.4 is 16.4 Å². The molecule has 1 rings (SSSR count). The van der Waals surface area contributed by atoms with Gasteiger partial charge in [0.05, 0.1) is 6.04 Å². The van der Waals surface area contributed by atoms with Gasteiger partial charge >= 0.3 is 5.97 Å². The van der Waals surface area contributed by atoms with Crippen LogP contribution in [0.3, 0.4) is 0 Å². The molecule has 0 spiro atoms. The van der Waals surface area contributed by atoms with E-state index in [0.29, 0.717) is 12.8 Å². The first-order valence-electron chi connectivity index (χ1n) is 6.81. The number of amides is 1. The van der Waals surface area contributed by atoms with E-state index < -0.39 is 23.5 Å². The highest BCUT2D eigenvalue weighted by Gasteiger charge is 2.51. The van der Waals surface area contributed by atoms with Crippen LogP contribution in [0.15, 0.2) is 0 Å². The van der Waals surface area contributed by atoms with Crippen molar-refractivity contribution >= 4 is 11.9 Å². The van der Waals surface area contributed by atoms with Gasteiger partial charge in [-0.2, -0.15) is 0 Å². The molecule has 1 amide bonds. The second-order valence-corrected chi connectivity index (χ2v) is 5.63. The van der Waals surface area contributed by atoms with E-state index in [1.807, 2.05) is 13.8 Å². The van der Waals surface area contributed by atoms with Crippen LogP contribution in [0.1, 0.15) is 39.5 Å². The summed E-state index contributed by atoms with van der Waals surface area (Å²) < 4.78 is 0. The average Bonchev–Trinajstić information content (AvgIpc) is 3.10. The molecule has 0 heterocycles. The number of hydrogen-bond acceptors (Lipinski definition) is 4. The molecule has 0 aliphatic heterocycles. The minimum Gasteiger partial charge on any atom is -0.480 e. The maximum Gasteiger partial charge on any atom is 0.324 e. The third-order valence-electron chi connectivity index (χ3n) is 3.72. The monoisotopic (exact) mass is 271 g/mol. The number of likely N-dealkylation sites (N-methyl/N-ethyl adjacent to an activating group) is 1. The Balaban J connectivity index is 2.79. The van der Waals surface area contributed by atoms with Gasteiger partial charge in [-0.3, -0.25) is 14.9 Å². The molecule has 2 unspecified atom stereocenters. The maximum atomic E-state index is 11.7. The number of primary amides is 1. The van der Waals surface area contributed by atoms with Gasteiger partial charge < -0.3 is 16.2 Å². The summed E-state index contributed by atoms with van der Waals surface area (Å²) in [4.78, 5) is 22.9. The molecule has 1 aliphatic rings. The van der Waals surface area contributed by atoms with Gasteiger partial charge in [0.1, 0.15) is 5.54 Å². The summed E-state index contributed by atoms with van der Waals surface area (Å²) in [6, 6.07) is -0.398. The second-order valence-electron chi connectivity index (χ2n) is 5.63. The van der Waals surface area contributed by atoms with E-state index in [1.54, 1.807) is 7.05 Å². The number of rotatable bonds is 9. The Morgan fingerprint density at radius 2 is 2.00 bits per heavy atom. The zero-order valence-electron chi connectivity index (χ0n) is 11.9. The van der Waals surface area contributed by atoms with Gasteiger partial charge in [0, 0.05) is 6.04 Å². The lowest BCUT2D eigenvalue weighted by molar-refractivity contribution is -0.147. The Kier molecular flexibility index (Phi) is 5.31. The third-order valence-corrected chi connectivity index (χ3v) is 3.72. The number of nitrogens with two attached hydrogens (primary N) is 1. The van der Waals surface area contributed by atoms with Crippen LogP contribution in [0.4, 0.5) is 0 Å². The lowest BCUT2D eigenvalue weighted by Crippen LogP contribution is -2.57. The second kappa shape index (κ2) is 6.34. The number of hydrogen-bond donors (Lipinski definition) is 4. The van der Waals surface area contributed by atoms with Crippen molar-refractivity contribution in [1.29, 1.82) is 0 Å². The molecule has 6 nitrogen and oxygen atoms in total. The molecule has 19 heavy (non-hydrogen) atoms. The van der Waals surface area contributed by atoms with Gasteiger partial charge in [0.15, 0.2) is 0 Å². The zero-order valence-corrected chi connectivity index (χ0v) is 11.9. The number of carboxylic acids is 1. The van der Waals surface area contributed by atoms with E-state index in [0.717, 1.165) is 12.8 Å². The molecule has 1 saturated carbocycles. The number of carbonyl (C=O) groups excluding carboxylic acids is 1. The van der Waals surface area contributed by atoms with Crippen molar-refractivity contribution in [1.82, 2.24) is 10.6 Å². The lowest BCUT2D eigenvalue weighted by atomic mass is 9.85. The fourth-order valence-corrected chi connectivity index (χ4v) is 2.63. The lowest BCUT2D eigenvalue weighted by Gasteiger charge is -2.34. The Morgan fingerprint density at radius 1 is 1.42 bits per heavy atom. The molecule has 1 aliphatic carbocycles. The summed E-state index contributed by atoms with van der Waals surface area (Å²) in [5, 5.41) is 15.6. The highest BCUT2D eigenvalue weighted by molar-refractivity contribution is 5.81. The summed E-state index contributed by atoms with van der Waals surface area (Å²) in [6.07, 6.45) is 2.67. The van der Waals surface area contributed by atoms with Crippen molar-refractivity contribution in [3.63, 3.8) is 0 Å². The summed E-state index contributed by atoms with van der Waals surface area (Å²) in [5.41, 5.74) is 4.34. The van der Waals surface area contributed by atoms with Crippen LogP contribution in [0.5, 0.6) is 0 Å². The first-order chi connectivity index (χ1) is 8.83. The Hall–Kier alpha value is -1.14. The van der Waals surface area contributed by atoms with Crippen LogP contribution in [0.25, 0.3) is 0 Å². The topological polar surface area (TPSA) is 104 Å². The summed E-state index contributed by atoms with van der Waals surface area (Å²) in [6.45, 7) is 3.87. The van der Waals surface area contributed by atoms with E-state index in [1.165, 1.54) is 0 Å². The van der Waals surface area contributed by atoms with Crippen LogP contribution in [-0.2, 0) is 9.59 Å². The van der Waals surface area contributed by atoms with Gasteiger partial charge in [-0.25, -0.2) is 0 Å². The van der Waals surface area contributed by atoms with Gasteiger partial charge in [-0.1, -0.05) is 0 Å². The molecule has 6 heteroatoms. The number of nitrogens with one attached hydrogen (secondary N) is 2. The molecule has 1 fully saturated rings. The van der Waals surface area contributed by atoms with Crippen LogP contribution in [-0.4, -0.2) is 41.7 Å². The van der Waals surface area contributed by atoms with Gasteiger partial charge in [-0.15, -0.1) is 0 Å². The van der Waals surface area contributed by atoms with Gasteiger partial charge in [0.2, 0.25) is 5.91 Å². The van der Waals surface area contributed by atoms with Crippen molar-refractivity contribution in [2.24, 2.45) is 11.7 Å². The van der Waals surface area contributed by atoms with E-state index >= 15 is 0 Å². The highest BCUT2D eigenvalue weighted by atomic mass is 16.4. The number of carbonyl (C=O) groups is 2. The van der Waals surface area contributed by atoms with Gasteiger partial charge in [0.25, 0.3) is 0 Å². The molecule has 0 saturated heterocycles. The molecule has 0 aromatic carbocycles. The van der Waals surface area contributed by atoms with Crippen molar-refractivity contribution in [3.05, 3.63) is 0 Å². The van der Waals surface area contributed by atoms with Crippen molar-refractivity contribution in [2.75, 3.05) is 7.05 Å². The van der Waals surface area contributed by atoms with E-state index in [-0.39, 0.29) is 12.0 Å². The normalized spacial score (nSPS) is 20.0. The van der Waals surface area contributed by atoms with Crippen molar-refractivity contribution in [2.45, 2.75) is 57.2 Å². The molecule has 0 aromatic heterocycles. The quantitative estimate of drug-likeness (QED) is 0.475. The van der Waals surface area contributed by atoms with E-state index in [4.69, 9.17) is 5.73 Å². The van der Waals surface area contributed by atoms with E-state index in [2.05, 4.69) is 10.6 Å². The first-order valence-corrected chi connectivity index (χ1v) is 6.81. The maximum absolute atomic E-state index is 11.7. The largest absolute Gasteiger partial charge is 0.480 e. The summed E-state index contributed by atoms with van der Waals surface area (Å²) >= 11 is 0. The molecule has 110 valence electrons. The average molecular weight is 271 g/mol. The Morgan fingerprint density at radius 3 is 2.32 bits per heavy atom. The zero-order chi connectivity index (χ0) is 14.6. The van der Waals surface area contributed by atoms with Crippen LogP contribution in [0.2, 0.25) is 0 Å². The first kappa shape index (κ1) is 15.9. The Bertz CT molecular complexity index is 342. The SMILES string of the molecule is CNC(CCC(NC(C)C)(C(=O)O)C1CC1)C(N)=O. The molecular formula is C13H25N3O3. The molecular weight excluding hydrogens is 246 g/mol. The Labute approximate surface area is 114 Å². The molecule has 2 atom stereocenters. The van der Waals surface area contributed by atoms with Crippen molar-refractivity contribution in [3.8, 4) is 0 Å². The van der Waals surface area contributed by atoms with Crippen LogP contribution in [0, 0.1) is 5.92 Å². The predicted octanol–water partition coefficient (Wildman–Crippen LogP) is 0.0713. The predicted molar refractivity (Wildman–Crippen MR) is 72.6 cm³/mol. The van der Waals surface area contributed by atoms with E-state index in [9.17, 15) is 14.7 Å². The standard InChI is InChI=1S/C13H25N3O3/c1-8(2)16-13(12(18)19,9-4-5-9)7-6-10(15-3)11(14)17/h8-10,15-16H,4-7H2,1-3H3,(H2,14,17)(H,18,19). The fourth-order valence-electron chi connectivity index (χ4n) is 2.63. The number of carboxylic acid groups (broad SMARTS) is 1. The van der Waals surface area contributed by atoms with Gasteiger partial charge in [-0.05, 0) is 52.5 Å². The molecule has 0 aromatic rings.